The van der Waals surface area contributed by atoms with Gasteiger partial charge in [0.25, 0.3) is 5.56 Å². The quantitative estimate of drug-likeness (QED) is 0.153. The highest BCUT2D eigenvalue weighted by atomic mass is 31.3. The number of ketones is 1. The number of aromatic nitrogens is 2. The van der Waals surface area contributed by atoms with Gasteiger partial charge in [-0.3, -0.25) is 23.7 Å². The van der Waals surface area contributed by atoms with Crippen molar-refractivity contribution < 1.29 is 66.2 Å². The van der Waals surface area contributed by atoms with Crippen LogP contribution in [0.15, 0.2) is 15.8 Å². The summed E-state index contributed by atoms with van der Waals surface area (Å²) < 4.78 is 51.1. The molecular weight excluding hydrogens is 521 g/mol. The van der Waals surface area contributed by atoms with Gasteiger partial charge >= 0.3 is 29.2 Å². The highest BCUT2D eigenvalue weighted by Gasteiger charge is 2.47. The number of H-pyrrole nitrogens is 1. The van der Waals surface area contributed by atoms with Gasteiger partial charge < -0.3 is 34.5 Å². The maximum Gasteiger partial charge on any atom is 0.490 e. The van der Waals surface area contributed by atoms with E-state index in [0.29, 0.717) is 0 Å². The van der Waals surface area contributed by atoms with Crippen LogP contribution in [-0.2, 0) is 42.9 Å². The molecule has 2 unspecified atom stereocenters. The van der Waals surface area contributed by atoms with Crippen molar-refractivity contribution >= 4 is 29.3 Å². The predicted molar refractivity (Wildman–Crippen MR) is 101 cm³/mol. The summed E-state index contributed by atoms with van der Waals surface area (Å²) in [6.45, 7) is -0.354. The van der Waals surface area contributed by atoms with Crippen molar-refractivity contribution in [2.75, 3.05) is 6.61 Å². The number of nitrogens with zero attached hydrogens (tertiary/aromatic N) is 1. The molecule has 0 saturated carbocycles. The average molecular weight is 540 g/mol. The summed E-state index contributed by atoms with van der Waals surface area (Å²) >= 11 is 0. The molecule has 6 atom stereocenters. The number of ether oxygens (including phenoxy) is 1. The molecule has 7 N–H and O–H groups in total. The van der Waals surface area contributed by atoms with E-state index in [2.05, 4.69) is 13.1 Å². The topological polar surface area (TPSA) is 281 Å². The maximum atomic E-state index is 12.1. The maximum absolute atomic E-state index is 12.1. The lowest BCUT2D eigenvalue weighted by Crippen LogP contribution is -2.36. The van der Waals surface area contributed by atoms with Crippen LogP contribution in [0.3, 0.4) is 0 Å². The number of Topliss-reactive ketones (excluding diaryl/α,β-unsaturated/α-hetero) is 1. The third-order valence-electron chi connectivity index (χ3n) is 3.92. The number of rotatable bonds is 10. The Morgan fingerprint density at radius 1 is 1.09 bits per heavy atom. The number of nitrogens with one attached hydrogen (secondary N) is 1. The Balaban J connectivity index is 2.15. The number of aromatic amines is 1. The number of aliphatic hydroxyl groups is 2. The van der Waals surface area contributed by atoms with Crippen LogP contribution in [0, 0.1) is 0 Å². The lowest BCUT2D eigenvalue weighted by atomic mass is 10.0. The molecule has 0 aliphatic carbocycles. The summed E-state index contributed by atoms with van der Waals surface area (Å²) in [5, 5.41) is 20.3. The Bertz CT molecular complexity index is 1150. The fourth-order valence-corrected chi connectivity index (χ4v) is 5.73. The van der Waals surface area contributed by atoms with Gasteiger partial charge in [0.2, 0.25) is 0 Å². The molecule has 1 fully saturated rings. The lowest BCUT2D eigenvalue weighted by molar-refractivity contribution is -0.117. The lowest BCUT2D eigenvalue weighted by Gasteiger charge is -2.19. The van der Waals surface area contributed by atoms with Gasteiger partial charge in [-0.2, -0.15) is 8.62 Å². The second-order valence-electron chi connectivity index (χ2n) is 6.64. The zero-order valence-corrected chi connectivity index (χ0v) is 19.0. The number of phosphoric acid groups is 3. The Hall–Kier alpha value is -1.36. The number of carbonyl (C=O) groups is 1. The SMILES string of the molecule is CC(=O)Cn1cc([C@@H]2O[C@H](COP(=O)(O)OP(=O)(O)OP(=O)(O)O)[C@H](O)[C@@H]2O)c(=O)[nH]c1=O. The van der Waals surface area contributed by atoms with Crippen molar-refractivity contribution in [1.29, 1.82) is 0 Å². The van der Waals surface area contributed by atoms with Crippen LogP contribution in [0.1, 0.15) is 18.6 Å². The molecule has 1 aliphatic heterocycles. The highest BCUT2D eigenvalue weighted by Crippen LogP contribution is 2.66. The van der Waals surface area contributed by atoms with E-state index in [4.69, 9.17) is 19.4 Å². The van der Waals surface area contributed by atoms with Crippen molar-refractivity contribution in [2.24, 2.45) is 0 Å². The summed E-state index contributed by atoms with van der Waals surface area (Å²) in [6, 6.07) is 0. The number of aliphatic hydroxyl groups excluding tert-OH is 2. The molecule has 1 aromatic rings. The fraction of sp³-hybridized carbons (Fsp3) is 0.583. The number of hydrogen-bond donors (Lipinski definition) is 7. The van der Waals surface area contributed by atoms with Crippen molar-refractivity contribution in [2.45, 2.75) is 37.9 Å². The third-order valence-corrected chi connectivity index (χ3v) is 7.72. The van der Waals surface area contributed by atoms with Crippen LogP contribution < -0.4 is 11.2 Å². The Morgan fingerprint density at radius 2 is 1.70 bits per heavy atom. The molecule has 2 rings (SSSR count). The first-order chi connectivity index (χ1) is 14.9. The Labute approximate surface area is 182 Å². The second kappa shape index (κ2) is 10.1. The molecule has 1 aromatic heterocycles. The smallest absolute Gasteiger partial charge is 0.387 e. The number of phosphoric ester groups is 1. The first-order valence-corrected chi connectivity index (χ1v) is 13.1. The molecule has 0 spiro atoms. The van der Waals surface area contributed by atoms with Gasteiger partial charge in [-0.05, 0) is 6.92 Å². The first kappa shape index (κ1) is 27.9. The second-order valence-corrected chi connectivity index (χ2v) is 11.1. The summed E-state index contributed by atoms with van der Waals surface area (Å²) in [4.78, 5) is 72.6. The van der Waals surface area contributed by atoms with E-state index in [1.54, 1.807) is 0 Å². The molecule has 33 heavy (non-hydrogen) atoms. The van der Waals surface area contributed by atoms with Crippen molar-refractivity contribution in [3.63, 3.8) is 0 Å². The number of carbonyl (C=O) groups excluding carboxylic acids is 1. The predicted octanol–water partition coefficient (Wildman–Crippen LogP) is -2.37. The van der Waals surface area contributed by atoms with E-state index in [9.17, 15) is 43.2 Å². The van der Waals surface area contributed by atoms with Crippen LogP contribution in [0.25, 0.3) is 0 Å². The van der Waals surface area contributed by atoms with E-state index in [0.717, 1.165) is 10.8 Å². The van der Waals surface area contributed by atoms with Gasteiger partial charge in [0.15, 0.2) is 0 Å². The van der Waals surface area contributed by atoms with Gasteiger partial charge in [0, 0.05) is 6.20 Å². The fourth-order valence-electron chi connectivity index (χ4n) is 2.70. The normalized spacial score (nSPS) is 27.1. The molecule has 0 radical (unpaired) electrons. The molecule has 0 amide bonds. The van der Waals surface area contributed by atoms with E-state index >= 15 is 0 Å². The van der Waals surface area contributed by atoms with E-state index in [1.807, 2.05) is 4.98 Å². The minimum absolute atomic E-state index is 0.386. The summed E-state index contributed by atoms with van der Waals surface area (Å²) in [5.41, 5.74) is -2.34. The first-order valence-electron chi connectivity index (χ1n) is 8.54. The Morgan fingerprint density at radius 3 is 2.24 bits per heavy atom. The van der Waals surface area contributed by atoms with Gasteiger partial charge in [0.1, 0.15) is 30.2 Å². The number of hydrogen-bond acceptors (Lipinski definition) is 12. The van der Waals surface area contributed by atoms with E-state index < -0.39 is 78.1 Å². The summed E-state index contributed by atoms with van der Waals surface area (Å²) in [7, 11) is -16.9. The van der Waals surface area contributed by atoms with Crippen LogP contribution in [0.4, 0.5) is 0 Å². The van der Waals surface area contributed by atoms with Crippen LogP contribution >= 0.6 is 23.5 Å². The summed E-state index contributed by atoms with van der Waals surface area (Å²) in [6.07, 6.45) is -6.01. The van der Waals surface area contributed by atoms with Gasteiger partial charge in [0.05, 0.1) is 18.7 Å². The van der Waals surface area contributed by atoms with E-state index in [-0.39, 0.29) is 5.56 Å². The van der Waals surface area contributed by atoms with Gasteiger partial charge in [-0.15, -0.1) is 0 Å². The minimum Gasteiger partial charge on any atom is -0.387 e. The van der Waals surface area contributed by atoms with E-state index in [1.165, 1.54) is 6.92 Å². The van der Waals surface area contributed by atoms with Crippen LogP contribution in [-0.4, -0.2) is 70.0 Å². The largest absolute Gasteiger partial charge is 0.490 e. The van der Waals surface area contributed by atoms with Crippen LogP contribution in [0.2, 0.25) is 0 Å². The monoisotopic (exact) mass is 540 g/mol. The average Bonchev–Trinajstić information content (AvgIpc) is 2.87. The minimum atomic E-state index is -5.77. The molecule has 0 bridgehead atoms. The van der Waals surface area contributed by atoms with Crippen molar-refractivity contribution in [3.05, 3.63) is 32.6 Å². The highest BCUT2D eigenvalue weighted by molar-refractivity contribution is 7.66. The Kier molecular flexibility index (Phi) is 8.53. The van der Waals surface area contributed by atoms with Crippen LogP contribution in [0.5, 0.6) is 0 Å². The third kappa shape index (κ3) is 7.83. The zero-order chi connectivity index (χ0) is 25.4. The molecule has 1 aliphatic rings. The summed E-state index contributed by atoms with van der Waals surface area (Å²) in [5.74, 6) is -0.447. The molecule has 1 saturated heterocycles. The van der Waals surface area contributed by atoms with Gasteiger partial charge in [-0.25, -0.2) is 18.5 Å². The van der Waals surface area contributed by atoms with Crippen molar-refractivity contribution in [3.8, 4) is 0 Å². The molecule has 21 heteroatoms. The molecular formula is C12H19N2O16P3. The molecule has 0 aromatic carbocycles. The standard InChI is InChI=1S/C12H19N2O16P3/c1-5(15)2-14-3-6(11(18)13-12(14)19)10-9(17)8(16)7(28-10)4-27-32(23,24)30-33(25,26)29-31(20,21)22/h3,7-10,16-17H,2,4H2,1H3,(H,23,24)(H,25,26)(H,13,18,19)(H2,20,21,22)/t7-,8+,9+,10+/m1/s1. The van der Waals surface area contributed by atoms with Crippen molar-refractivity contribution in [1.82, 2.24) is 9.55 Å². The molecule has 2 heterocycles. The zero-order valence-electron chi connectivity index (χ0n) is 16.4. The molecule has 188 valence electrons. The molecule has 18 nitrogen and oxygen atoms in total. The van der Waals surface area contributed by atoms with Gasteiger partial charge in [-0.1, -0.05) is 0 Å².